The van der Waals surface area contributed by atoms with Crippen molar-refractivity contribution in [1.29, 1.82) is 0 Å². The van der Waals surface area contributed by atoms with Gasteiger partial charge >= 0.3 is 0 Å². The average molecular weight is 920 g/mol. The van der Waals surface area contributed by atoms with Crippen LogP contribution in [-0.4, -0.2) is 115 Å². The molecule has 3 saturated heterocycles. The third-order valence-corrected chi connectivity index (χ3v) is 15.7. The maximum Gasteiger partial charge on any atom is 0.297 e. The van der Waals surface area contributed by atoms with Crippen LogP contribution < -0.4 is 24.4 Å². The number of likely N-dealkylation sites (tertiary alicyclic amines) is 1. The number of ether oxygens (including phenoxy) is 3. The molecular formula is C48H57N9O8S. The first kappa shape index (κ1) is 44.0. The van der Waals surface area contributed by atoms with Crippen LogP contribution in [0.2, 0.25) is 0 Å². The van der Waals surface area contributed by atoms with Crippen molar-refractivity contribution in [2.45, 2.75) is 87.7 Å². The second kappa shape index (κ2) is 18.1. The van der Waals surface area contributed by atoms with Gasteiger partial charge in [0.1, 0.15) is 18.0 Å². The second-order valence-electron chi connectivity index (χ2n) is 18.9. The van der Waals surface area contributed by atoms with Crippen LogP contribution >= 0.6 is 0 Å². The van der Waals surface area contributed by atoms with Crippen LogP contribution in [0.25, 0.3) is 11.0 Å². The van der Waals surface area contributed by atoms with Crippen molar-refractivity contribution in [3.63, 3.8) is 0 Å². The highest BCUT2D eigenvalue weighted by atomic mass is 32.2. The van der Waals surface area contributed by atoms with Crippen LogP contribution in [0.15, 0.2) is 78.1 Å². The van der Waals surface area contributed by atoms with Crippen LogP contribution in [0.1, 0.15) is 92.4 Å². The Labute approximate surface area is 384 Å². The quantitative estimate of drug-likeness (QED) is 0.0781. The molecule has 3 aromatic heterocycles. The number of aromatic nitrogens is 3. The van der Waals surface area contributed by atoms with E-state index in [-0.39, 0.29) is 40.9 Å². The first-order chi connectivity index (χ1) is 31.9. The molecule has 3 N–H and O–H groups in total. The van der Waals surface area contributed by atoms with Crippen molar-refractivity contribution in [2.75, 3.05) is 69.3 Å². The summed E-state index contributed by atoms with van der Waals surface area (Å²) in [6.45, 7) is 11.2. The summed E-state index contributed by atoms with van der Waals surface area (Å²) in [6.07, 6.45) is 12.3. The smallest absolute Gasteiger partial charge is 0.297 e. The van der Waals surface area contributed by atoms with E-state index in [1.807, 2.05) is 6.07 Å². The van der Waals surface area contributed by atoms with E-state index in [0.717, 1.165) is 69.3 Å². The van der Waals surface area contributed by atoms with Crippen molar-refractivity contribution in [3.05, 3.63) is 100 Å². The predicted molar refractivity (Wildman–Crippen MR) is 249 cm³/mol. The van der Waals surface area contributed by atoms with E-state index in [1.54, 1.807) is 24.5 Å². The first-order valence-corrected chi connectivity index (χ1v) is 24.7. The van der Waals surface area contributed by atoms with Crippen molar-refractivity contribution in [1.82, 2.24) is 29.5 Å². The molecule has 1 spiro atoms. The number of nitro benzene ring substituents is 1. The summed E-state index contributed by atoms with van der Waals surface area (Å²) in [5.74, 6) is -0.210. The van der Waals surface area contributed by atoms with E-state index in [4.69, 9.17) is 14.2 Å². The molecular weight excluding hydrogens is 863 g/mol. The highest BCUT2D eigenvalue weighted by Crippen LogP contribution is 2.54. The number of rotatable bonds is 13. The molecule has 7 heterocycles. The highest BCUT2D eigenvalue weighted by Gasteiger charge is 2.50. The summed E-state index contributed by atoms with van der Waals surface area (Å²) >= 11 is 0. The number of hydrogen-bond donors (Lipinski definition) is 3. The van der Waals surface area contributed by atoms with Gasteiger partial charge in [0, 0.05) is 74.6 Å². The number of hydrogen-bond acceptors (Lipinski definition) is 14. The standard InChI is InChI=1S/C48H57N9O8S/c1-31(2)38-6-3-4-7-39(38)40-8-5-14-56(40)35-26-48(27-35)11-16-55(17-12-48)34-23-43(65-36-22-32-9-13-49-46(32)51-29-36)45(50-28-34)47(58)53-66(61,62)37-24-41(57(59)60)44-42(25-37)64-30-33(52-44)10-15-54-18-20-63-21-19-54/h3-4,6-7,9,13,22-25,28-29,31,33,35,40,52H,5,8,10-12,14-21,26-27,30H2,1-2H3,(H,49,51)(H,53,58)/t33-,40-/m0/s1. The Morgan fingerprint density at radius 3 is 2.62 bits per heavy atom. The molecule has 0 bridgehead atoms. The zero-order valence-electron chi connectivity index (χ0n) is 37.4. The second-order valence-corrected chi connectivity index (χ2v) is 20.5. The molecule has 18 heteroatoms. The van der Waals surface area contributed by atoms with Crippen LogP contribution in [0.5, 0.6) is 17.2 Å². The average Bonchev–Trinajstić information content (AvgIpc) is 4.00. The van der Waals surface area contributed by atoms with Gasteiger partial charge in [-0.3, -0.25) is 24.7 Å². The number of fused-ring (bicyclic) bond motifs is 2. The van der Waals surface area contributed by atoms with Crippen molar-refractivity contribution in [2.24, 2.45) is 5.41 Å². The SMILES string of the molecule is CC(C)c1ccccc1[C@@H]1CCCN1C1CC2(CCN(c3cnc(C(=O)NS(=O)(=O)c4cc5c(c([N+](=O)[O-])c4)N[C@@H](CCN4CCOCC4)CO5)c(Oc4cnc5[nH]ccc5c4)c3)CC2)C1. The summed E-state index contributed by atoms with van der Waals surface area (Å²) in [7, 11) is -4.68. The van der Waals surface area contributed by atoms with Gasteiger partial charge in [-0.25, -0.2) is 23.1 Å². The van der Waals surface area contributed by atoms with E-state index < -0.39 is 31.4 Å². The number of morpholine rings is 1. The molecule has 0 radical (unpaired) electrons. The number of sulfonamides is 1. The minimum atomic E-state index is -4.68. The fraction of sp³-hybridized carbons (Fsp3) is 0.479. The number of nitro groups is 1. The zero-order valence-corrected chi connectivity index (χ0v) is 38.2. The monoisotopic (exact) mass is 919 g/mol. The Kier molecular flexibility index (Phi) is 12.1. The number of nitrogens with one attached hydrogen (secondary N) is 3. The van der Waals surface area contributed by atoms with E-state index >= 15 is 0 Å². The third kappa shape index (κ3) is 8.90. The lowest BCUT2D eigenvalue weighted by Gasteiger charge is -2.56. The van der Waals surface area contributed by atoms with Crippen molar-refractivity contribution in [3.8, 4) is 17.2 Å². The van der Waals surface area contributed by atoms with E-state index in [0.29, 0.717) is 49.0 Å². The summed E-state index contributed by atoms with van der Waals surface area (Å²) in [5.41, 5.74) is 3.95. The predicted octanol–water partition coefficient (Wildman–Crippen LogP) is 7.38. The van der Waals surface area contributed by atoms with Crippen LogP contribution in [-0.2, 0) is 14.8 Å². The lowest BCUT2D eigenvalue weighted by atomic mass is 9.59. The van der Waals surface area contributed by atoms with Crippen LogP contribution in [0.4, 0.5) is 17.1 Å². The van der Waals surface area contributed by atoms with Gasteiger partial charge in [-0.2, -0.15) is 0 Å². The van der Waals surface area contributed by atoms with Crippen LogP contribution in [0, 0.1) is 15.5 Å². The summed E-state index contributed by atoms with van der Waals surface area (Å²) in [6, 6.07) is 17.2. The number of H-pyrrole nitrogens is 1. The number of benzene rings is 2. The minimum absolute atomic E-state index is 0.00665. The number of carbonyl (C=O) groups is 1. The lowest BCUT2D eigenvalue weighted by Crippen LogP contribution is -2.55. The molecule has 10 rings (SSSR count). The van der Waals surface area contributed by atoms with Crippen LogP contribution in [0.3, 0.4) is 0 Å². The Morgan fingerprint density at radius 1 is 1.03 bits per heavy atom. The van der Waals surface area contributed by atoms with Gasteiger partial charge in [0.2, 0.25) is 0 Å². The van der Waals surface area contributed by atoms with Gasteiger partial charge in [0.25, 0.3) is 21.6 Å². The molecule has 1 saturated carbocycles. The topological polar surface area (TPSA) is 197 Å². The van der Waals surface area contributed by atoms with E-state index in [9.17, 15) is 23.3 Å². The van der Waals surface area contributed by atoms with Crippen molar-refractivity contribution < 1.29 is 32.3 Å². The third-order valence-electron chi connectivity index (χ3n) is 14.4. The lowest BCUT2D eigenvalue weighted by molar-refractivity contribution is -0.384. The molecule has 1 amide bonds. The Bertz CT molecular complexity index is 2730. The van der Waals surface area contributed by atoms with Crippen molar-refractivity contribution >= 4 is 44.0 Å². The van der Waals surface area contributed by atoms with Gasteiger partial charge in [-0.1, -0.05) is 38.1 Å². The normalized spacial score (nSPS) is 21.3. The molecule has 5 aromatic rings. The molecule has 0 unspecified atom stereocenters. The Balaban J connectivity index is 0.844. The van der Waals surface area contributed by atoms with Gasteiger partial charge in [-0.05, 0) is 86.1 Å². The maximum atomic E-state index is 14.0. The number of pyridine rings is 2. The van der Waals surface area contributed by atoms with E-state index in [2.05, 4.69) is 77.8 Å². The Hall–Kier alpha value is -5.82. The van der Waals surface area contributed by atoms with Gasteiger partial charge in [-0.15, -0.1) is 0 Å². The number of carbonyl (C=O) groups excluding carboxylic acids is 1. The van der Waals surface area contributed by atoms with Gasteiger partial charge in [0.15, 0.2) is 22.9 Å². The molecule has 66 heavy (non-hydrogen) atoms. The van der Waals surface area contributed by atoms with E-state index in [1.165, 1.54) is 49.1 Å². The molecule has 2 atom stereocenters. The number of amides is 1. The fourth-order valence-electron chi connectivity index (χ4n) is 10.8. The number of anilines is 2. The number of aromatic amines is 1. The number of piperidine rings is 1. The molecule has 348 valence electrons. The summed E-state index contributed by atoms with van der Waals surface area (Å²) < 4.78 is 47.6. The zero-order chi connectivity index (χ0) is 45.6. The minimum Gasteiger partial charge on any atom is -0.489 e. The molecule has 1 aliphatic carbocycles. The summed E-state index contributed by atoms with van der Waals surface area (Å²) in [4.78, 5) is 44.5. The van der Waals surface area contributed by atoms with Gasteiger partial charge in [0.05, 0.1) is 47.2 Å². The molecule has 4 fully saturated rings. The number of nitrogens with zero attached hydrogens (tertiary/aromatic N) is 6. The first-order valence-electron chi connectivity index (χ1n) is 23.2. The molecule has 4 aliphatic heterocycles. The maximum absolute atomic E-state index is 14.0. The van der Waals surface area contributed by atoms with Gasteiger partial charge < -0.3 is 29.4 Å². The highest BCUT2D eigenvalue weighted by molar-refractivity contribution is 7.90. The largest absolute Gasteiger partial charge is 0.489 e. The fourth-order valence-corrected chi connectivity index (χ4v) is 11.8. The molecule has 5 aliphatic rings. The Morgan fingerprint density at radius 2 is 1.83 bits per heavy atom. The molecule has 2 aromatic carbocycles. The molecule has 17 nitrogen and oxygen atoms in total. The summed E-state index contributed by atoms with van der Waals surface area (Å²) in [5, 5.41) is 16.3.